The van der Waals surface area contributed by atoms with Crippen LogP contribution in [0.4, 0.5) is 0 Å². The van der Waals surface area contributed by atoms with Crippen LogP contribution in [-0.2, 0) is 22.6 Å². The van der Waals surface area contributed by atoms with Gasteiger partial charge in [0.15, 0.2) is 0 Å². The van der Waals surface area contributed by atoms with Gasteiger partial charge in [-0.1, -0.05) is 66.0 Å². The zero-order valence-corrected chi connectivity index (χ0v) is 18.0. The molecule has 4 nitrogen and oxygen atoms in total. The molecule has 150 valence electrons. The zero-order valence-electron chi connectivity index (χ0n) is 16.5. The summed E-state index contributed by atoms with van der Waals surface area (Å²) in [5, 5.41) is 3.78. The highest BCUT2D eigenvalue weighted by Gasteiger charge is 2.29. The van der Waals surface area contributed by atoms with E-state index in [4.69, 9.17) is 23.2 Å². The van der Waals surface area contributed by atoms with Crippen LogP contribution in [0.1, 0.15) is 37.0 Å². The highest BCUT2D eigenvalue weighted by Crippen LogP contribution is 2.27. The van der Waals surface area contributed by atoms with Gasteiger partial charge >= 0.3 is 0 Å². The smallest absolute Gasteiger partial charge is 0.242 e. The molecule has 2 rings (SSSR count). The summed E-state index contributed by atoms with van der Waals surface area (Å²) >= 11 is 12.6. The number of halogens is 2. The van der Waals surface area contributed by atoms with Gasteiger partial charge in [-0.2, -0.15) is 0 Å². The molecule has 1 atom stereocenters. The van der Waals surface area contributed by atoms with E-state index in [9.17, 15) is 9.59 Å². The average Bonchev–Trinajstić information content (AvgIpc) is 2.64. The average molecular weight is 421 g/mol. The molecule has 0 aliphatic carbocycles. The molecule has 0 unspecified atom stereocenters. The van der Waals surface area contributed by atoms with Crippen molar-refractivity contribution >= 4 is 35.0 Å². The van der Waals surface area contributed by atoms with Crippen LogP contribution in [0.3, 0.4) is 0 Å². The number of amides is 2. The lowest BCUT2D eigenvalue weighted by Crippen LogP contribution is -2.49. The fourth-order valence-corrected chi connectivity index (χ4v) is 3.68. The maximum atomic E-state index is 13.2. The van der Waals surface area contributed by atoms with E-state index in [1.54, 1.807) is 23.1 Å². The van der Waals surface area contributed by atoms with Crippen LogP contribution in [0.15, 0.2) is 42.5 Å². The van der Waals surface area contributed by atoms with Gasteiger partial charge in [-0.15, -0.1) is 0 Å². The molecular weight excluding hydrogens is 395 g/mol. The molecule has 2 amide bonds. The molecule has 0 saturated heterocycles. The summed E-state index contributed by atoms with van der Waals surface area (Å²) in [6.45, 7) is 6.41. The lowest BCUT2D eigenvalue weighted by Gasteiger charge is -2.31. The minimum atomic E-state index is -0.593. The molecule has 0 aliphatic heterocycles. The molecule has 0 spiro atoms. The third-order valence-corrected chi connectivity index (χ3v) is 5.27. The SMILES string of the molecule is CCNC(=O)[C@H](CC)N(Cc1c(Cl)cccc1Cl)C(=O)Cc1cccc(C)c1. The maximum absolute atomic E-state index is 13.2. The number of carbonyl (C=O) groups excluding carboxylic acids is 2. The minimum Gasteiger partial charge on any atom is -0.355 e. The van der Waals surface area contributed by atoms with E-state index in [1.165, 1.54) is 0 Å². The van der Waals surface area contributed by atoms with Crippen molar-refractivity contribution in [2.75, 3.05) is 6.54 Å². The predicted molar refractivity (Wildman–Crippen MR) is 115 cm³/mol. The standard InChI is InChI=1S/C22H26Cl2N2O2/c1-4-20(22(28)25-5-2)26(14-17-18(23)10-7-11-19(17)24)21(27)13-16-9-6-8-15(3)12-16/h6-12,20H,4-5,13-14H2,1-3H3,(H,25,28)/t20-/m0/s1. The Balaban J connectivity index is 2.36. The number of nitrogens with one attached hydrogen (secondary N) is 1. The highest BCUT2D eigenvalue weighted by molar-refractivity contribution is 6.36. The fourth-order valence-electron chi connectivity index (χ4n) is 3.16. The third-order valence-electron chi connectivity index (χ3n) is 4.56. The van der Waals surface area contributed by atoms with E-state index < -0.39 is 6.04 Å². The van der Waals surface area contributed by atoms with Crippen LogP contribution in [0.5, 0.6) is 0 Å². The second-order valence-electron chi connectivity index (χ2n) is 6.71. The van der Waals surface area contributed by atoms with E-state index in [2.05, 4.69) is 5.32 Å². The van der Waals surface area contributed by atoms with Gasteiger partial charge in [0.25, 0.3) is 0 Å². The molecule has 0 radical (unpaired) electrons. The Hall–Kier alpha value is -2.04. The number of aryl methyl sites for hydroxylation is 1. The second-order valence-corrected chi connectivity index (χ2v) is 7.52. The van der Waals surface area contributed by atoms with E-state index in [-0.39, 0.29) is 24.8 Å². The van der Waals surface area contributed by atoms with Crippen LogP contribution in [0, 0.1) is 6.92 Å². The molecule has 6 heteroatoms. The Kier molecular flexibility index (Phi) is 8.34. The first-order valence-corrected chi connectivity index (χ1v) is 10.2. The number of rotatable bonds is 8. The molecule has 0 heterocycles. The van der Waals surface area contributed by atoms with Gasteiger partial charge in [0, 0.05) is 28.7 Å². The molecule has 0 saturated carbocycles. The minimum absolute atomic E-state index is 0.139. The Labute approximate surface area is 176 Å². The van der Waals surface area contributed by atoms with Crippen molar-refractivity contribution in [1.29, 1.82) is 0 Å². The first-order valence-electron chi connectivity index (χ1n) is 9.42. The lowest BCUT2D eigenvalue weighted by atomic mass is 10.1. The summed E-state index contributed by atoms with van der Waals surface area (Å²) in [4.78, 5) is 27.4. The second kappa shape index (κ2) is 10.5. The molecule has 1 N–H and O–H groups in total. The first kappa shape index (κ1) is 22.3. The van der Waals surface area contributed by atoms with Crippen molar-refractivity contribution in [1.82, 2.24) is 10.2 Å². The number of hydrogen-bond acceptors (Lipinski definition) is 2. The van der Waals surface area contributed by atoms with Gasteiger partial charge in [0.2, 0.25) is 11.8 Å². The molecular formula is C22H26Cl2N2O2. The van der Waals surface area contributed by atoms with E-state index in [1.807, 2.05) is 45.0 Å². The van der Waals surface area contributed by atoms with Gasteiger partial charge in [0.1, 0.15) is 6.04 Å². The largest absolute Gasteiger partial charge is 0.355 e. The molecule has 0 fully saturated rings. The number of hydrogen-bond donors (Lipinski definition) is 1. The summed E-state index contributed by atoms with van der Waals surface area (Å²) in [6, 6.07) is 12.4. The number of nitrogens with zero attached hydrogens (tertiary/aromatic N) is 1. The van der Waals surface area contributed by atoms with Crippen LogP contribution < -0.4 is 5.32 Å². The van der Waals surface area contributed by atoms with Gasteiger partial charge in [0.05, 0.1) is 6.42 Å². The monoisotopic (exact) mass is 420 g/mol. The maximum Gasteiger partial charge on any atom is 0.242 e. The van der Waals surface area contributed by atoms with Gasteiger partial charge in [-0.25, -0.2) is 0 Å². The Morgan fingerprint density at radius 3 is 2.29 bits per heavy atom. The summed E-state index contributed by atoms with van der Waals surface area (Å²) in [5.41, 5.74) is 2.64. The summed E-state index contributed by atoms with van der Waals surface area (Å²) in [6.07, 6.45) is 0.702. The van der Waals surface area contributed by atoms with Crippen LogP contribution >= 0.6 is 23.2 Å². The zero-order chi connectivity index (χ0) is 20.7. The normalized spacial score (nSPS) is 11.8. The van der Waals surface area contributed by atoms with Crippen molar-refractivity contribution in [3.63, 3.8) is 0 Å². The van der Waals surface area contributed by atoms with Crippen LogP contribution in [0.25, 0.3) is 0 Å². The molecule has 28 heavy (non-hydrogen) atoms. The highest BCUT2D eigenvalue weighted by atomic mass is 35.5. The molecule has 0 bridgehead atoms. The Morgan fingerprint density at radius 2 is 1.71 bits per heavy atom. The Bertz CT molecular complexity index is 819. The quantitative estimate of drug-likeness (QED) is 0.667. The molecule has 2 aromatic carbocycles. The molecule has 0 aliphatic rings. The van der Waals surface area contributed by atoms with Gasteiger partial charge < -0.3 is 10.2 Å². The van der Waals surface area contributed by atoms with Crippen molar-refractivity contribution < 1.29 is 9.59 Å². The first-order chi connectivity index (χ1) is 13.4. The van der Waals surface area contributed by atoms with E-state index in [0.29, 0.717) is 28.6 Å². The molecule has 2 aromatic rings. The van der Waals surface area contributed by atoms with Crippen molar-refractivity contribution in [3.05, 3.63) is 69.2 Å². The molecule has 0 aromatic heterocycles. The Morgan fingerprint density at radius 1 is 1.07 bits per heavy atom. The number of likely N-dealkylation sites (N-methyl/N-ethyl adjacent to an activating group) is 1. The summed E-state index contributed by atoms with van der Waals surface area (Å²) in [7, 11) is 0. The van der Waals surface area contributed by atoms with E-state index in [0.717, 1.165) is 11.1 Å². The van der Waals surface area contributed by atoms with Crippen molar-refractivity contribution in [2.45, 2.75) is 46.2 Å². The summed E-state index contributed by atoms with van der Waals surface area (Å²) < 4.78 is 0. The van der Waals surface area contributed by atoms with Crippen LogP contribution in [0.2, 0.25) is 10.0 Å². The summed E-state index contributed by atoms with van der Waals surface area (Å²) in [5.74, 6) is -0.314. The van der Waals surface area contributed by atoms with Crippen molar-refractivity contribution in [3.8, 4) is 0 Å². The number of benzene rings is 2. The van der Waals surface area contributed by atoms with Crippen molar-refractivity contribution in [2.24, 2.45) is 0 Å². The fraction of sp³-hybridized carbons (Fsp3) is 0.364. The predicted octanol–water partition coefficient (Wildman–Crippen LogP) is 4.79. The topological polar surface area (TPSA) is 49.4 Å². The van der Waals surface area contributed by atoms with E-state index >= 15 is 0 Å². The number of carbonyl (C=O) groups is 2. The van der Waals surface area contributed by atoms with Gasteiger partial charge in [-0.3, -0.25) is 9.59 Å². The van der Waals surface area contributed by atoms with Crippen LogP contribution in [-0.4, -0.2) is 29.3 Å². The lowest BCUT2D eigenvalue weighted by molar-refractivity contribution is -0.140. The third kappa shape index (κ3) is 5.73. The van der Waals surface area contributed by atoms with Gasteiger partial charge in [-0.05, 0) is 38.0 Å².